The van der Waals surface area contributed by atoms with E-state index in [1.165, 1.54) is 12.1 Å². The lowest BCUT2D eigenvalue weighted by Gasteiger charge is -2.22. The van der Waals surface area contributed by atoms with Crippen LogP contribution in [0, 0.1) is 24.6 Å². The van der Waals surface area contributed by atoms with Crippen LogP contribution in [0.25, 0.3) is 0 Å². The third-order valence-corrected chi connectivity index (χ3v) is 6.90. The maximum absolute atomic E-state index is 14.1. The lowest BCUT2D eigenvalue weighted by Crippen LogP contribution is -2.34. The SMILES string of the molecule is Cc1ccc(NCCCN2CC3CN(C(=O)c4c(F)cccc4Cl)CC3C2)cc1Cl. The zero-order valence-electron chi connectivity index (χ0n) is 17.0. The molecule has 2 unspecified atom stereocenters. The Hall–Kier alpha value is -1.82. The van der Waals surface area contributed by atoms with Crippen molar-refractivity contribution in [3.8, 4) is 0 Å². The quantitative estimate of drug-likeness (QED) is 0.633. The number of hydrogen-bond acceptors (Lipinski definition) is 3. The van der Waals surface area contributed by atoms with Gasteiger partial charge in [0.2, 0.25) is 0 Å². The smallest absolute Gasteiger partial charge is 0.258 e. The number of likely N-dealkylation sites (tertiary alicyclic amines) is 2. The van der Waals surface area contributed by atoms with E-state index >= 15 is 0 Å². The van der Waals surface area contributed by atoms with Crippen LogP contribution in [0.3, 0.4) is 0 Å². The highest BCUT2D eigenvalue weighted by Gasteiger charge is 2.42. The topological polar surface area (TPSA) is 35.6 Å². The summed E-state index contributed by atoms with van der Waals surface area (Å²) in [6.45, 7) is 7.21. The number of aryl methyl sites for hydroxylation is 1. The van der Waals surface area contributed by atoms with E-state index in [0.717, 1.165) is 48.9 Å². The fraction of sp³-hybridized carbons (Fsp3) is 0.435. The molecule has 0 bridgehead atoms. The summed E-state index contributed by atoms with van der Waals surface area (Å²) < 4.78 is 14.1. The molecule has 2 saturated heterocycles. The van der Waals surface area contributed by atoms with Crippen LogP contribution < -0.4 is 5.32 Å². The second-order valence-electron chi connectivity index (χ2n) is 8.33. The Labute approximate surface area is 186 Å². The lowest BCUT2D eigenvalue weighted by molar-refractivity contribution is 0.0769. The second-order valence-corrected chi connectivity index (χ2v) is 9.15. The Morgan fingerprint density at radius 2 is 1.83 bits per heavy atom. The van der Waals surface area contributed by atoms with Crippen LogP contribution in [0.5, 0.6) is 0 Å². The van der Waals surface area contributed by atoms with Crippen molar-refractivity contribution in [1.29, 1.82) is 0 Å². The zero-order chi connectivity index (χ0) is 21.3. The highest BCUT2D eigenvalue weighted by Crippen LogP contribution is 2.33. The monoisotopic (exact) mass is 449 g/mol. The van der Waals surface area contributed by atoms with Gasteiger partial charge >= 0.3 is 0 Å². The Morgan fingerprint density at radius 1 is 1.10 bits per heavy atom. The minimum absolute atomic E-state index is 0.00159. The van der Waals surface area contributed by atoms with Crippen molar-refractivity contribution in [3.63, 3.8) is 0 Å². The first-order valence-corrected chi connectivity index (χ1v) is 11.1. The first kappa shape index (κ1) is 21.4. The van der Waals surface area contributed by atoms with Crippen molar-refractivity contribution in [1.82, 2.24) is 9.80 Å². The average Bonchev–Trinajstić information content (AvgIpc) is 3.26. The van der Waals surface area contributed by atoms with E-state index < -0.39 is 5.82 Å². The summed E-state index contributed by atoms with van der Waals surface area (Å²) in [5.41, 5.74) is 2.12. The van der Waals surface area contributed by atoms with E-state index in [2.05, 4.69) is 16.3 Å². The number of amides is 1. The van der Waals surface area contributed by atoms with Gasteiger partial charge in [-0.2, -0.15) is 0 Å². The van der Waals surface area contributed by atoms with E-state index in [-0.39, 0.29) is 16.5 Å². The molecule has 4 rings (SSSR count). The fourth-order valence-corrected chi connectivity index (χ4v) is 4.96. The summed E-state index contributed by atoms with van der Waals surface area (Å²) in [7, 11) is 0. The number of carbonyl (C=O) groups excluding carboxylic acids is 1. The summed E-state index contributed by atoms with van der Waals surface area (Å²) in [6.07, 6.45) is 1.04. The lowest BCUT2D eigenvalue weighted by atomic mass is 10.0. The normalized spacial score (nSPS) is 21.1. The van der Waals surface area contributed by atoms with Crippen molar-refractivity contribution >= 4 is 34.8 Å². The molecule has 160 valence electrons. The minimum Gasteiger partial charge on any atom is -0.385 e. The molecule has 1 amide bonds. The van der Waals surface area contributed by atoms with E-state index in [4.69, 9.17) is 23.2 Å². The van der Waals surface area contributed by atoms with Crippen molar-refractivity contribution in [2.75, 3.05) is 44.6 Å². The molecule has 0 saturated carbocycles. The second kappa shape index (κ2) is 9.13. The van der Waals surface area contributed by atoms with Gasteiger partial charge in [-0.3, -0.25) is 4.79 Å². The molecule has 2 fully saturated rings. The Morgan fingerprint density at radius 3 is 2.50 bits per heavy atom. The molecule has 2 aromatic carbocycles. The fourth-order valence-electron chi connectivity index (χ4n) is 4.54. The third-order valence-electron chi connectivity index (χ3n) is 6.18. The number of nitrogens with one attached hydrogen (secondary N) is 1. The predicted octanol–water partition coefficient (Wildman–Crippen LogP) is 4.95. The van der Waals surface area contributed by atoms with Crippen LogP contribution in [-0.2, 0) is 0 Å². The molecule has 4 nitrogen and oxygen atoms in total. The van der Waals surface area contributed by atoms with Gasteiger partial charge in [0.15, 0.2) is 0 Å². The molecule has 0 spiro atoms. The van der Waals surface area contributed by atoms with Crippen molar-refractivity contribution in [2.45, 2.75) is 13.3 Å². The summed E-state index contributed by atoms with van der Waals surface area (Å²) >= 11 is 12.2. The van der Waals surface area contributed by atoms with E-state index in [9.17, 15) is 9.18 Å². The Kier molecular flexibility index (Phi) is 6.51. The van der Waals surface area contributed by atoms with E-state index in [1.807, 2.05) is 19.1 Å². The molecular weight excluding hydrogens is 424 g/mol. The van der Waals surface area contributed by atoms with Gasteiger partial charge in [0.1, 0.15) is 5.82 Å². The molecule has 2 atom stereocenters. The summed E-state index contributed by atoms with van der Waals surface area (Å²) in [4.78, 5) is 17.0. The molecule has 2 heterocycles. The van der Waals surface area contributed by atoms with Gasteiger partial charge in [0.25, 0.3) is 5.91 Å². The number of nitrogens with zero attached hydrogens (tertiary/aromatic N) is 2. The highest BCUT2D eigenvalue weighted by molar-refractivity contribution is 6.33. The number of rotatable bonds is 6. The van der Waals surface area contributed by atoms with E-state index in [0.29, 0.717) is 24.9 Å². The van der Waals surface area contributed by atoms with E-state index in [1.54, 1.807) is 11.0 Å². The molecule has 30 heavy (non-hydrogen) atoms. The Balaban J connectivity index is 1.23. The van der Waals surface area contributed by atoms with Crippen LogP contribution in [0.2, 0.25) is 10.0 Å². The zero-order valence-corrected chi connectivity index (χ0v) is 18.5. The first-order chi connectivity index (χ1) is 14.4. The largest absolute Gasteiger partial charge is 0.385 e. The molecule has 0 radical (unpaired) electrons. The molecule has 0 aromatic heterocycles. The van der Waals surface area contributed by atoms with Crippen LogP contribution in [0.1, 0.15) is 22.3 Å². The van der Waals surface area contributed by atoms with Gasteiger partial charge in [-0.25, -0.2) is 4.39 Å². The predicted molar refractivity (Wildman–Crippen MR) is 120 cm³/mol. The number of fused-ring (bicyclic) bond motifs is 1. The average molecular weight is 450 g/mol. The molecule has 2 aromatic rings. The van der Waals surface area contributed by atoms with Gasteiger partial charge in [0.05, 0.1) is 10.6 Å². The maximum Gasteiger partial charge on any atom is 0.258 e. The van der Waals surface area contributed by atoms with Crippen LogP contribution in [-0.4, -0.2) is 55.0 Å². The number of benzene rings is 2. The van der Waals surface area contributed by atoms with Gasteiger partial charge in [0, 0.05) is 43.4 Å². The number of halogens is 3. The summed E-state index contributed by atoms with van der Waals surface area (Å²) in [5, 5.41) is 4.39. The van der Waals surface area contributed by atoms with Crippen molar-refractivity contribution in [3.05, 3.63) is 63.4 Å². The van der Waals surface area contributed by atoms with Crippen LogP contribution >= 0.6 is 23.2 Å². The Bertz CT molecular complexity index is 904. The van der Waals surface area contributed by atoms with Gasteiger partial charge in [-0.15, -0.1) is 0 Å². The van der Waals surface area contributed by atoms with Crippen LogP contribution in [0.4, 0.5) is 10.1 Å². The molecule has 7 heteroatoms. The summed E-state index contributed by atoms with van der Waals surface area (Å²) in [6, 6.07) is 10.4. The molecule has 2 aliphatic heterocycles. The third kappa shape index (κ3) is 4.58. The minimum atomic E-state index is -0.548. The standard InChI is InChI=1S/C23H26Cl2FN3O/c1-15-6-7-18(10-20(15)25)27-8-3-9-28-11-16-13-29(14-17(16)12-28)23(30)22-19(24)4-2-5-21(22)26/h2,4-7,10,16-17,27H,3,8-9,11-14H2,1H3. The molecule has 2 aliphatic rings. The summed E-state index contributed by atoms with van der Waals surface area (Å²) in [5.74, 6) is 0.0558. The van der Waals surface area contributed by atoms with Crippen molar-refractivity contribution < 1.29 is 9.18 Å². The highest BCUT2D eigenvalue weighted by atomic mass is 35.5. The van der Waals surface area contributed by atoms with Crippen molar-refractivity contribution in [2.24, 2.45) is 11.8 Å². The van der Waals surface area contributed by atoms with Gasteiger partial charge in [-0.05, 0) is 61.6 Å². The van der Waals surface area contributed by atoms with Crippen LogP contribution in [0.15, 0.2) is 36.4 Å². The molecule has 1 N–H and O–H groups in total. The van der Waals surface area contributed by atoms with Gasteiger partial charge in [-0.1, -0.05) is 35.3 Å². The maximum atomic E-state index is 14.1. The number of carbonyl (C=O) groups is 1. The molecular formula is C23H26Cl2FN3O. The van der Waals surface area contributed by atoms with Gasteiger partial charge < -0.3 is 15.1 Å². The number of anilines is 1. The number of hydrogen-bond donors (Lipinski definition) is 1. The molecule has 0 aliphatic carbocycles. The first-order valence-electron chi connectivity index (χ1n) is 10.4.